The van der Waals surface area contributed by atoms with Gasteiger partial charge >= 0.3 is 0 Å². The molecule has 8 heteroatoms. The zero-order valence-electron chi connectivity index (χ0n) is 10.8. The van der Waals surface area contributed by atoms with Crippen molar-refractivity contribution in [2.75, 3.05) is 0 Å². The van der Waals surface area contributed by atoms with Crippen LogP contribution in [-0.2, 0) is 16.6 Å². The van der Waals surface area contributed by atoms with Gasteiger partial charge in [-0.3, -0.25) is 0 Å². The highest BCUT2D eigenvalue weighted by Crippen LogP contribution is 2.17. The van der Waals surface area contributed by atoms with Gasteiger partial charge in [0.25, 0.3) is 0 Å². The number of rotatable bonds is 5. The van der Waals surface area contributed by atoms with E-state index < -0.39 is 21.9 Å². The van der Waals surface area contributed by atoms with Crippen molar-refractivity contribution in [1.82, 2.24) is 14.7 Å². The summed E-state index contributed by atoms with van der Waals surface area (Å²) < 4.78 is 40.2. The summed E-state index contributed by atoms with van der Waals surface area (Å²) in [5.41, 5.74) is 5.52. The van der Waals surface area contributed by atoms with Crippen molar-refractivity contribution in [3.05, 3.63) is 47.8 Å². The van der Waals surface area contributed by atoms with E-state index >= 15 is 0 Å². The van der Waals surface area contributed by atoms with Gasteiger partial charge in [0.15, 0.2) is 0 Å². The maximum atomic E-state index is 13.3. The predicted octanol–water partition coefficient (Wildman–Crippen LogP) is 1.05. The van der Waals surface area contributed by atoms with Crippen molar-refractivity contribution in [1.29, 1.82) is 0 Å². The minimum absolute atomic E-state index is 0.0299. The molecule has 20 heavy (non-hydrogen) atoms. The van der Waals surface area contributed by atoms with Crippen molar-refractivity contribution in [2.24, 2.45) is 5.73 Å². The summed E-state index contributed by atoms with van der Waals surface area (Å²) in [6.07, 6.45) is 3.13. The lowest BCUT2D eigenvalue weighted by atomic mass is 10.2. The first-order valence-electron chi connectivity index (χ1n) is 5.94. The molecule has 1 aromatic heterocycles. The number of nitrogens with zero attached hydrogens (tertiary/aromatic N) is 1. The van der Waals surface area contributed by atoms with E-state index in [0.717, 1.165) is 6.07 Å². The average molecular weight is 298 g/mol. The van der Waals surface area contributed by atoms with E-state index in [-0.39, 0.29) is 17.0 Å². The fraction of sp³-hybridized carbons (Fsp3) is 0.250. The number of benzene rings is 1. The fourth-order valence-corrected chi connectivity index (χ4v) is 3.00. The number of hydrogen-bond acceptors (Lipinski definition) is 4. The number of nitrogens with two attached hydrogens (primary N) is 1. The van der Waals surface area contributed by atoms with Gasteiger partial charge in [0, 0.05) is 24.5 Å². The highest BCUT2D eigenvalue weighted by Gasteiger charge is 2.20. The van der Waals surface area contributed by atoms with Crippen molar-refractivity contribution >= 4 is 10.0 Å². The molecule has 0 saturated carbocycles. The standard InChI is InChI=1S/C12H15FN4O2S/c1-8(12-15-4-5-16-12)17-20(18,19)10-2-3-11(13)9(6-10)7-14/h2-6,8,17H,7,14H2,1H3,(H,15,16). The lowest BCUT2D eigenvalue weighted by Crippen LogP contribution is -2.27. The molecule has 6 nitrogen and oxygen atoms in total. The summed E-state index contributed by atoms with van der Waals surface area (Å²) in [4.78, 5) is 6.77. The van der Waals surface area contributed by atoms with Gasteiger partial charge in [-0.1, -0.05) is 0 Å². The Bertz CT molecular complexity index is 685. The lowest BCUT2D eigenvalue weighted by molar-refractivity contribution is 0.560. The first-order chi connectivity index (χ1) is 9.44. The quantitative estimate of drug-likeness (QED) is 0.768. The second-order valence-corrected chi connectivity index (χ2v) is 5.99. The van der Waals surface area contributed by atoms with Crippen molar-refractivity contribution in [3.8, 4) is 0 Å². The van der Waals surface area contributed by atoms with Crippen molar-refractivity contribution in [2.45, 2.75) is 24.4 Å². The van der Waals surface area contributed by atoms with Gasteiger partial charge < -0.3 is 10.7 Å². The number of sulfonamides is 1. The van der Waals surface area contributed by atoms with E-state index in [4.69, 9.17) is 5.73 Å². The van der Waals surface area contributed by atoms with Crippen LogP contribution >= 0.6 is 0 Å². The number of aromatic amines is 1. The van der Waals surface area contributed by atoms with E-state index in [9.17, 15) is 12.8 Å². The lowest BCUT2D eigenvalue weighted by Gasteiger charge is -2.13. The van der Waals surface area contributed by atoms with Crippen LogP contribution in [0.4, 0.5) is 4.39 Å². The van der Waals surface area contributed by atoms with Crippen LogP contribution in [0.15, 0.2) is 35.5 Å². The molecular formula is C12H15FN4O2S. The molecule has 0 saturated heterocycles. The smallest absolute Gasteiger partial charge is 0.241 e. The normalized spacial score (nSPS) is 13.3. The van der Waals surface area contributed by atoms with Crippen LogP contribution in [-0.4, -0.2) is 18.4 Å². The van der Waals surface area contributed by atoms with Gasteiger partial charge in [-0.2, -0.15) is 0 Å². The van der Waals surface area contributed by atoms with Gasteiger partial charge in [-0.25, -0.2) is 22.5 Å². The Labute approximate surface area is 116 Å². The molecule has 0 aliphatic heterocycles. The SMILES string of the molecule is CC(NS(=O)(=O)c1ccc(F)c(CN)c1)c1ncc[nH]1. The maximum Gasteiger partial charge on any atom is 0.241 e. The van der Waals surface area contributed by atoms with Crippen LogP contribution in [0.1, 0.15) is 24.4 Å². The van der Waals surface area contributed by atoms with E-state index in [2.05, 4.69) is 14.7 Å². The van der Waals surface area contributed by atoms with Crippen LogP contribution in [0, 0.1) is 5.82 Å². The zero-order chi connectivity index (χ0) is 14.8. The van der Waals surface area contributed by atoms with E-state index in [0.29, 0.717) is 5.82 Å². The average Bonchev–Trinajstić information content (AvgIpc) is 2.92. The third-order valence-electron chi connectivity index (χ3n) is 2.81. The Balaban J connectivity index is 2.26. The molecule has 0 amide bonds. The van der Waals surface area contributed by atoms with Crippen LogP contribution in [0.2, 0.25) is 0 Å². The van der Waals surface area contributed by atoms with Gasteiger partial charge in [0.1, 0.15) is 11.6 Å². The molecule has 0 aliphatic rings. The summed E-state index contributed by atoms with van der Waals surface area (Å²) in [7, 11) is -3.77. The largest absolute Gasteiger partial charge is 0.347 e. The Morgan fingerprint density at radius 2 is 2.25 bits per heavy atom. The third-order valence-corrected chi connectivity index (χ3v) is 4.35. The van der Waals surface area contributed by atoms with Crippen LogP contribution in [0.25, 0.3) is 0 Å². The number of halogens is 1. The Morgan fingerprint density at radius 3 is 2.85 bits per heavy atom. The van der Waals surface area contributed by atoms with Gasteiger partial charge in [-0.05, 0) is 25.1 Å². The number of nitrogens with one attached hydrogen (secondary N) is 2. The second kappa shape index (κ2) is 5.70. The first-order valence-corrected chi connectivity index (χ1v) is 7.42. The molecule has 108 valence electrons. The molecule has 2 rings (SSSR count). The number of aromatic nitrogens is 2. The predicted molar refractivity (Wildman–Crippen MR) is 71.6 cm³/mol. The summed E-state index contributed by atoms with van der Waals surface area (Å²) in [5.74, 6) is -0.0275. The Morgan fingerprint density at radius 1 is 1.50 bits per heavy atom. The maximum absolute atomic E-state index is 13.3. The minimum Gasteiger partial charge on any atom is -0.347 e. The highest BCUT2D eigenvalue weighted by atomic mass is 32.2. The molecular weight excluding hydrogens is 283 g/mol. The minimum atomic E-state index is -3.77. The summed E-state index contributed by atoms with van der Waals surface area (Å²) >= 11 is 0. The third kappa shape index (κ3) is 3.03. The monoisotopic (exact) mass is 298 g/mol. The topological polar surface area (TPSA) is 101 Å². The van der Waals surface area contributed by atoms with E-state index in [1.54, 1.807) is 13.1 Å². The molecule has 1 atom stereocenters. The fourth-order valence-electron chi connectivity index (χ4n) is 1.75. The molecule has 0 bridgehead atoms. The second-order valence-electron chi connectivity index (χ2n) is 4.27. The summed E-state index contributed by atoms with van der Waals surface area (Å²) in [5, 5.41) is 0. The molecule has 0 radical (unpaired) electrons. The molecule has 0 aliphatic carbocycles. The van der Waals surface area contributed by atoms with E-state index in [1.807, 2.05) is 0 Å². The molecule has 1 heterocycles. The Kier molecular flexibility index (Phi) is 4.17. The van der Waals surface area contributed by atoms with Crippen molar-refractivity contribution < 1.29 is 12.8 Å². The summed E-state index contributed by atoms with van der Waals surface area (Å²) in [6, 6.07) is 2.99. The Hall–Kier alpha value is -1.77. The first kappa shape index (κ1) is 14.6. The van der Waals surface area contributed by atoms with Crippen LogP contribution < -0.4 is 10.5 Å². The molecule has 0 fully saturated rings. The summed E-state index contributed by atoms with van der Waals surface area (Å²) in [6.45, 7) is 1.59. The molecule has 2 aromatic rings. The molecule has 0 spiro atoms. The number of H-pyrrole nitrogens is 1. The number of imidazole rings is 1. The zero-order valence-corrected chi connectivity index (χ0v) is 11.6. The van der Waals surface area contributed by atoms with Crippen molar-refractivity contribution in [3.63, 3.8) is 0 Å². The molecule has 4 N–H and O–H groups in total. The highest BCUT2D eigenvalue weighted by molar-refractivity contribution is 7.89. The van der Waals surface area contributed by atoms with Gasteiger partial charge in [-0.15, -0.1) is 0 Å². The van der Waals surface area contributed by atoms with Crippen LogP contribution in [0.3, 0.4) is 0 Å². The van der Waals surface area contributed by atoms with E-state index in [1.165, 1.54) is 18.3 Å². The van der Waals surface area contributed by atoms with Gasteiger partial charge in [0.2, 0.25) is 10.0 Å². The van der Waals surface area contributed by atoms with Crippen LogP contribution in [0.5, 0.6) is 0 Å². The molecule has 1 aromatic carbocycles. The molecule has 1 unspecified atom stereocenters. The number of hydrogen-bond donors (Lipinski definition) is 3. The van der Waals surface area contributed by atoms with Gasteiger partial charge in [0.05, 0.1) is 10.9 Å².